The van der Waals surface area contributed by atoms with Crippen LogP contribution in [-0.2, 0) is 11.2 Å². The van der Waals surface area contributed by atoms with Crippen molar-refractivity contribution in [3.8, 4) is 11.5 Å². The Balaban J connectivity index is 1.95. The van der Waals surface area contributed by atoms with Gasteiger partial charge in [0.25, 0.3) is 5.91 Å². The van der Waals surface area contributed by atoms with Gasteiger partial charge in [-0.25, -0.2) is 0 Å². The lowest BCUT2D eigenvalue weighted by atomic mass is 10.1. The number of nitrogens with two attached hydrogens (primary N) is 1. The Kier molecular flexibility index (Phi) is 5.87. The summed E-state index contributed by atoms with van der Waals surface area (Å²) in [4.78, 5) is 11.9. The fourth-order valence-electron chi connectivity index (χ4n) is 2.72. The second-order valence-electron chi connectivity index (χ2n) is 5.32. The molecule has 0 aliphatic heterocycles. The first-order chi connectivity index (χ1) is 10.2. The molecule has 0 saturated heterocycles. The third-order valence-corrected chi connectivity index (χ3v) is 3.76. The van der Waals surface area contributed by atoms with Crippen LogP contribution in [0.15, 0.2) is 18.2 Å². The topological polar surface area (TPSA) is 73.6 Å². The summed E-state index contributed by atoms with van der Waals surface area (Å²) >= 11 is 0. The molecule has 1 aromatic rings. The van der Waals surface area contributed by atoms with E-state index in [1.807, 2.05) is 18.2 Å². The van der Waals surface area contributed by atoms with Gasteiger partial charge in [0.05, 0.1) is 7.11 Å². The fraction of sp³-hybridized carbons (Fsp3) is 0.562. The zero-order valence-corrected chi connectivity index (χ0v) is 12.6. The van der Waals surface area contributed by atoms with Crippen molar-refractivity contribution in [1.29, 1.82) is 0 Å². The highest BCUT2D eigenvalue weighted by Gasteiger charge is 2.18. The lowest BCUT2D eigenvalue weighted by Crippen LogP contribution is -2.36. The Hall–Kier alpha value is -1.75. The SMILES string of the molecule is COc1cccc(CCN)c1OCC(=O)NC1CCCC1. The number of ether oxygens (including phenoxy) is 2. The van der Waals surface area contributed by atoms with Gasteiger partial charge in [0.1, 0.15) is 0 Å². The summed E-state index contributed by atoms with van der Waals surface area (Å²) < 4.78 is 11.0. The van der Waals surface area contributed by atoms with Crippen molar-refractivity contribution in [3.63, 3.8) is 0 Å². The summed E-state index contributed by atoms with van der Waals surface area (Å²) in [6, 6.07) is 5.97. The number of hydrogen-bond acceptors (Lipinski definition) is 4. The van der Waals surface area contributed by atoms with Crippen LogP contribution in [0.25, 0.3) is 0 Å². The highest BCUT2D eigenvalue weighted by Crippen LogP contribution is 2.31. The van der Waals surface area contributed by atoms with Gasteiger partial charge < -0.3 is 20.5 Å². The molecule has 1 aromatic carbocycles. The van der Waals surface area contributed by atoms with Crippen LogP contribution in [0, 0.1) is 0 Å². The smallest absolute Gasteiger partial charge is 0.258 e. The minimum absolute atomic E-state index is 0.00838. The number of carbonyl (C=O) groups is 1. The van der Waals surface area contributed by atoms with Crippen LogP contribution in [0.3, 0.4) is 0 Å². The number of carbonyl (C=O) groups excluding carboxylic acids is 1. The minimum Gasteiger partial charge on any atom is -0.493 e. The molecule has 0 aromatic heterocycles. The molecule has 3 N–H and O–H groups in total. The average molecular weight is 292 g/mol. The molecule has 1 fully saturated rings. The van der Waals surface area contributed by atoms with Gasteiger partial charge in [-0.05, 0) is 37.4 Å². The lowest BCUT2D eigenvalue weighted by Gasteiger charge is -2.16. The van der Waals surface area contributed by atoms with Crippen molar-refractivity contribution in [2.24, 2.45) is 5.73 Å². The Morgan fingerprint density at radius 2 is 2.14 bits per heavy atom. The van der Waals surface area contributed by atoms with E-state index in [-0.39, 0.29) is 12.5 Å². The Labute approximate surface area is 125 Å². The van der Waals surface area contributed by atoms with E-state index in [0.29, 0.717) is 30.5 Å². The molecule has 5 nitrogen and oxygen atoms in total. The maximum Gasteiger partial charge on any atom is 0.258 e. The van der Waals surface area contributed by atoms with E-state index in [1.165, 1.54) is 12.8 Å². The van der Waals surface area contributed by atoms with Gasteiger partial charge in [-0.15, -0.1) is 0 Å². The highest BCUT2D eigenvalue weighted by atomic mass is 16.5. The van der Waals surface area contributed by atoms with Crippen LogP contribution >= 0.6 is 0 Å². The summed E-state index contributed by atoms with van der Waals surface area (Å²) in [7, 11) is 1.59. The predicted molar refractivity (Wildman–Crippen MR) is 81.6 cm³/mol. The van der Waals surface area contributed by atoms with Crippen LogP contribution in [0.4, 0.5) is 0 Å². The quantitative estimate of drug-likeness (QED) is 0.801. The van der Waals surface area contributed by atoms with Crippen LogP contribution in [0.2, 0.25) is 0 Å². The molecule has 0 bridgehead atoms. The van der Waals surface area contributed by atoms with E-state index in [1.54, 1.807) is 7.11 Å². The third-order valence-electron chi connectivity index (χ3n) is 3.76. The molecule has 2 rings (SSSR count). The summed E-state index contributed by atoms with van der Waals surface area (Å²) in [5, 5.41) is 3.01. The molecular formula is C16H24N2O3. The van der Waals surface area contributed by atoms with Gasteiger partial charge in [0.15, 0.2) is 18.1 Å². The summed E-state index contributed by atoms with van der Waals surface area (Å²) in [5.74, 6) is 1.17. The number of benzene rings is 1. The van der Waals surface area contributed by atoms with Crippen LogP contribution < -0.4 is 20.5 Å². The fourth-order valence-corrected chi connectivity index (χ4v) is 2.72. The van der Waals surface area contributed by atoms with E-state index in [4.69, 9.17) is 15.2 Å². The number of nitrogens with one attached hydrogen (secondary N) is 1. The van der Waals surface area contributed by atoms with E-state index in [9.17, 15) is 4.79 Å². The minimum atomic E-state index is -0.0773. The average Bonchev–Trinajstić information content (AvgIpc) is 2.98. The number of para-hydroxylation sites is 1. The number of methoxy groups -OCH3 is 1. The maximum absolute atomic E-state index is 11.9. The molecule has 0 atom stereocenters. The lowest BCUT2D eigenvalue weighted by molar-refractivity contribution is -0.123. The normalized spacial score (nSPS) is 15.0. The Morgan fingerprint density at radius 3 is 2.81 bits per heavy atom. The monoisotopic (exact) mass is 292 g/mol. The van der Waals surface area contributed by atoms with Gasteiger partial charge in [-0.2, -0.15) is 0 Å². The number of amides is 1. The van der Waals surface area contributed by atoms with Crippen molar-refractivity contribution in [2.45, 2.75) is 38.1 Å². The number of hydrogen-bond donors (Lipinski definition) is 2. The maximum atomic E-state index is 11.9. The van der Waals surface area contributed by atoms with Crippen LogP contribution in [0.1, 0.15) is 31.2 Å². The molecule has 0 unspecified atom stereocenters. The second kappa shape index (κ2) is 7.88. The first-order valence-electron chi connectivity index (χ1n) is 7.52. The molecule has 1 aliphatic carbocycles. The number of rotatable bonds is 7. The van der Waals surface area contributed by atoms with Gasteiger partial charge >= 0.3 is 0 Å². The van der Waals surface area contributed by atoms with E-state index >= 15 is 0 Å². The zero-order chi connectivity index (χ0) is 15.1. The summed E-state index contributed by atoms with van der Waals surface area (Å²) in [6.07, 6.45) is 5.21. The first-order valence-corrected chi connectivity index (χ1v) is 7.52. The van der Waals surface area contributed by atoms with Crippen molar-refractivity contribution in [2.75, 3.05) is 20.3 Å². The molecule has 0 heterocycles. The molecule has 0 spiro atoms. The largest absolute Gasteiger partial charge is 0.493 e. The van der Waals surface area contributed by atoms with Gasteiger partial charge in [0.2, 0.25) is 0 Å². The Morgan fingerprint density at radius 1 is 1.38 bits per heavy atom. The molecule has 1 saturated carbocycles. The van der Waals surface area contributed by atoms with Crippen LogP contribution in [0.5, 0.6) is 11.5 Å². The molecule has 0 radical (unpaired) electrons. The van der Waals surface area contributed by atoms with Gasteiger partial charge in [-0.1, -0.05) is 25.0 Å². The molecular weight excluding hydrogens is 268 g/mol. The predicted octanol–water partition coefficient (Wildman–Crippen LogP) is 1.63. The Bertz CT molecular complexity index is 471. The molecule has 1 amide bonds. The highest BCUT2D eigenvalue weighted by molar-refractivity contribution is 5.78. The van der Waals surface area contributed by atoms with Crippen molar-refractivity contribution >= 4 is 5.91 Å². The molecule has 116 valence electrons. The van der Waals surface area contributed by atoms with Crippen molar-refractivity contribution in [3.05, 3.63) is 23.8 Å². The first kappa shape index (κ1) is 15.6. The summed E-state index contributed by atoms with van der Waals surface area (Å²) in [6.45, 7) is 0.534. The van der Waals surface area contributed by atoms with Crippen molar-refractivity contribution in [1.82, 2.24) is 5.32 Å². The van der Waals surface area contributed by atoms with Crippen molar-refractivity contribution < 1.29 is 14.3 Å². The van der Waals surface area contributed by atoms with Gasteiger partial charge in [0, 0.05) is 6.04 Å². The van der Waals surface area contributed by atoms with Crippen LogP contribution in [-0.4, -0.2) is 32.2 Å². The standard InChI is InChI=1S/C16H24N2O3/c1-20-14-8-4-5-12(9-10-17)16(14)21-11-15(19)18-13-6-2-3-7-13/h4-5,8,13H,2-3,6-7,9-11,17H2,1H3,(H,18,19). The molecule has 21 heavy (non-hydrogen) atoms. The molecule has 5 heteroatoms. The third kappa shape index (κ3) is 4.36. The van der Waals surface area contributed by atoms with E-state index < -0.39 is 0 Å². The van der Waals surface area contributed by atoms with E-state index in [0.717, 1.165) is 18.4 Å². The summed E-state index contributed by atoms with van der Waals surface area (Å²) in [5.41, 5.74) is 6.57. The molecule has 1 aliphatic rings. The second-order valence-corrected chi connectivity index (χ2v) is 5.32. The van der Waals surface area contributed by atoms with E-state index in [2.05, 4.69) is 5.32 Å². The zero-order valence-electron chi connectivity index (χ0n) is 12.6. The van der Waals surface area contributed by atoms with Gasteiger partial charge in [-0.3, -0.25) is 4.79 Å².